The van der Waals surface area contributed by atoms with Crippen LogP contribution >= 0.6 is 11.3 Å². The number of hydrogen-bond acceptors (Lipinski definition) is 7. The molecule has 7 rings (SSSR count). The third kappa shape index (κ3) is 5.53. The third-order valence-corrected chi connectivity index (χ3v) is 9.52. The molecular formula is C35H35FN6O2S. The van der Waals surface area contributed by atoms with Crippen LogP contribution in [0.15, 0.2) is 67.0 Å². The first kappa shape index (κ1) is 29.3. The number of hydrogen-bond donors (Lipinski definition) is 0. The molecule has 1 amide bonds. The lowest BCUT2D eigenvalue weighted by Gasteiger charge is -2.24. The molecule has 1 unspecified atom stereocenters. The molecule has 0 N–H and O–H groups in total. The van der Waals surface area contributed by atoms with Crippen LogP contribution in [0.1, 0.15) is 37.6 Å². The van der Waals surface area contributed by atoms with Crippen LogP contribution in [0.4, 0.5) is 4.39 Å². The largest absolute Gasteiger partial charge is 0.490 e. The molecule has 6 heterocycles. The average molecular weight is 623 g/mol. The Morgan fingerprint density at radius 2 is 2.02 bits per heavy atom. The second-order valence-corrected chi connectivity index (χ2v) is 13.0. The second kappa shape index (κ2) is 11.8. The minimum Gasteiger partial charge on any atom is -0.490 e. The second-order valence-electron chi connectivity index (χ2n) is 12.1. The van der Waals surface area contributed by atoms with Gasteiger partial charge in [-0.05, 0) is 68.6 Å². The van der Waals surface area contributed by atoms with Crippen LogP contribution in [0.5, 0.6) is 5.75 Å². The summed E-state index contributed by atoms with van der Waals surface area (Å²) in [6.45, 7) is 10.6. The fraction of sp³-hybridized carbons (Fsp3) is 0.314. The summed E-state index contributed by atoms with van der Waals surface area (Å²) in [6.07, 6.45) is 8.72. The summed E-state index contributed by atoms with van der Waals surface area (Å²) in [4.78, 5) is 26.6. The molecule has 230 valence electrons. The van der Waals surface area contributed by atoms with Crippen molar-refractivity contribution in [3.05, 3.63) is 84.0 Å². The van der Waals surface area contributed by atoms with E-state index in [0.717, 1.165) is 75.4 Å². The number of pyridine rings is 2. The number of nitrogens with zero attached hydrogens (tertiary/aromatic N) is 6. The van der Waals surface area contributed by atoms with Crippen LogP contribution in [0.25, 0.3) is 43.7 Å². The van der Waals surface area contributed by atoms with Crippen molar-refractivity contribution in [2.75, 3.05) is 26.7 Å². The molecule has 0 bridgehead atoms. The topological polar surface area (TPSA) is 76.4 Å². The Labute approximate surface area is 265 Å². The predicted octanol–water partition coefficient (Wildman–Crippen LogP) is 6.76. The number of fused-ring (bicyclic) bond motifs is 2. The minimum absolute atomic E-state index is 0.0449. The van der Waals surface area contributed by atoms with Gasteiger partial charge in [0.1, 0.15) is 11.6 Å². The smallest absolute Gasteiger partial charge is 0.246 e. The molecule has 1 aromatic carbocycles. The average Bonchev–Trinajstić information content (AvgIpc) is 3.81. The minimum atomic E-state index is -0.360. The van der Waals surface area contributed by atoms with E-state index in [2.05, 4.69) is 36.0 Å². The van der Waals surface area contributed by atoms with E-state index in [-0.39, 0.29) is 23.9 Å². The molecule has 4 aromatic heterocycles. The van der Waals surface area contributed by atoms with E-state index in [4.69, 9.17) is 19.8 Å². The number of carbonyl (C=O) groups is 1. The number of aromatic nitrogens is 4. The highest BCUT2D eigenvalue weighted by atomic mass is 32.1. The van der Waals surface area contributed by atoms with Crippen molar-refractivity contribution < 1.29 is 13.9 Å². The summed E-state index contributed by atoms with van der Waals surface area (Å²) in [5.41, 5.74) is 7.37. The van der Waals surface area contributed by atoms with Crippen molar-refractivity contribution in [1.29, 1.82) is 0 Å². The molecule has 45 heavy (non-hydrogen) atoms. The lowest BCUT2D eigenvalue weighted by atomic mass is 9.95. The molecule has 2 aliphatic heterocycles. The van der Waals surface area contributed by atoms with Crippen LogP contribution < -0.4 is 4.74 Å². The van der Waals surface area contributed by atoms with Crippen molar-refractivity contribution in [3.8, 4) is 39.4 Å². The number of carbonyl (C=O) groups excluding carboxylic acids is 1. The molecule has 5 aromatic rings. The Balaban J connectivity index is 1.42. The lowest BCUT2D eigenvalue weighted by Crippen LogP contribution is -2.27. The van der Waals surface area contributed by atoms with Crippen molar-refractivity contribution in [2.45, 2.75) is 45.4 Å². The van der Waals surface area contributed by atoms with Gasteiger partial charge in [-0.1, -0.05) is 6.58 Å². The van der Waals surface area contributed by atoms with E-state index in [1.807, 2.05) is 37.1 Å². The molecule has 2 aliphatic rings. The number of benzene rings is 1. The Hall–Kier alpha value is -4.41. The van der Waals surface area contributed by atoms with Gasteiger partial charge in [0.15, 0.2) is 0 Å². The molecular weight excluding hydrogens is 587 g/mol. The predicted molar refractivity (Wildman–Crippen MR) is 176 cm³/mol. The number of likely N-dealkylation sites (N-methyl/N-ethyl adjacent to an activating group) is 1. The first-order chi connectivity index (χ1) is 21.8. The molecule has 0 saturated carbocycles. The zero-order valence-electron chi connectivity index (χ0n) is 25.7. The first-order valence-electron chi connectivity index (χ1n) is 15.3. The number of thiophene rings is 1. The maximum atomic E-state index is 14.6. The SMILES string of the molecule is C=CC(=O)N1CCC(n2cc(-c3nc(-c4cnc5c(c4)CN(C)CC5)c4ccsc4c3-c3ccc(F)cc3OC(C)C)cn2)C1. The number of likely N-dealkylation sites (tertiary alicyclic amines) is 1. The van der Waals surface area contributed by atoms with Gasteiger partial charge in [0.05, 0.1) is 29.7 Å². The summed E-state index contributed by atoms with van der Waals surface area (Å²) in [6, 6.07) is 9.06. The number of rotatable bonds is 7. The van der Waals surface area contributed by atoms with E-state index in [0.29, 0.717) is 18.8 Å². The fourth-order valence-electron chi connectivity index (χ4n) is 6.40. The quantitative estimate of drug-likeness (QED) is 0.187. The zero-order chi connectivity index (χ0) is 31.2. The van der Waals surface area contributed by atoms with Crippen molar-refractivity contribution in [2.24, 2.45) is 0 Å². The molecule has 10 heteroatoms. The standard InChI is InChI=1S/C35H35FN6O2S/c1-5-31(43)41-12-8-26(20-41)42-19-24(17-38-42)34-32(27-7-6-25(36)15-30(27)44-21(2)3)35-28(10-13-45-35)33(39-34)22-14-23-18-40(4)11-9-29(23)37-16-22/h5-7,10,13-17,19,21,26H,1,8-9,11-12,18,20H2,2-4H3. The van der Waals surface area contributed by atoms with Gasteiger partial charge in [0.2, 0.25) is 5.91 Å². The van der Waals surface area contributed by atoms with Crippen molar-refractivity contribution >= 4 is 27.3 Å². The first-order valence-corrected chi connectivity index (χ1v) is 16.2. The van der Waals surface area contributed by atoms with Crippen LogP contribution in [0.2, 0.25) is 0 Å². The highest BCUT2D eigenvalue weighted by Gasteiger charge is 2.28. The zero-order valence-corrected chi connectivity index (χ0v) is 26.5. The summed E-state index contributed by atoms with van der Waals surface area (Å²) >= 11 is 1.63. The van der Waals surface area contributed by atoms with Crippen LogP contribution in [0, 0.1) is 5.82 Å². The number of amides is 1. The van der Waals surface area contributed by atoms with Crippen LogP contribution in [0.3, 0.4) is 0 Å². The Bertz CT molecular complexity index is 1930. The Kier molecular flexibility index (Phi) is 7.71. The van der Waals surface area contributed by atoms with E-state index >= 15 is 0 Å². The Morgan fingerprint density at radius 3 is 2.84 bits per heavy atom. The third-order valence-electron chi connectivity index (χ3n) is 8.59. The maximum absolute atomic E-state index is 14.6. The molecule has 1 atom stereocenters. The van der Waals surface area contributed by atoms with Crippen molar-refractivity contribution in [1.82, 2.24) is 29.5 Å². The fourth-order valence-corrected chi connectivity index (χ4v) is 7.36. The number of ether oxygens (including phenoxy) is 1. The normalized spacial score (nSPS) is 16.8. The van der Waals surface area contributed by atoms with Gasteiger partial charge in [-0.3, -0.25) is 14.5 Å². The summed E-state index contributed by atoms with van der Waals surface area (Å²) in [7, 11) is 2.13. The van der Waals surface area contributed by atoms with Gasteiger partial charge in [0.25, 0.3) is 0 Å². The Morgan fingerprint density at radius 1 is 1.16 bits per heavy atom. The highest BCUT2D eigenvalue weighted by Crippen LogP contribution is 2.46. The number of halogens is 1. The van der Waals surface area contributed by atoms with Gasteiger partial charge in [0, 0.05) is 89.1 Å². The molecule has 0 spiro atoms. The van der Waals surface area contributed by atoms with Gasteiger partial charge >= 0.3 is 0 Å². The molecule has 1 saturated heterocycles. The monoisotopic (exact) mass is 622 g/mol. The molecule has 0 radical (unpaired) electrons. The highest BCUT2D eigenvalue weighted by molar-refractivity contribution is 7.18. The van der Waals surface area contributed by atoms with E-state index in [1.165, 1.54) is 23.8 Å². The van der Waals surface area contributed by atoms with Gasteiger partial charge < -0.3 is 14.5 Å². The van der Waals surface area contributed by atoms with Gasteiger partial charge in [-0.2, -0.15) is 5.10 Å². The van der Waals surface area contributed by atoms with E-state index < -0.39 is 0 Å². The van der Waals surface area contributed by atoms with Crippen LogP contribution in [-0.2, 0) is 17.8 Å². The van der Waals surface area contributed by atoms with Gasteiger partial charge in [-0.25, -0.2) is 9.37 Å². The lowest BCUT2D eigenvalue weighted by molar-refractivity contribution is -0.125. The van der Waals surface area contributed by atoms with Crippen molar-refractivity contribution in [3.63, 3.8) is 0 Å². The summed E-state index contributed by atoms with van der Waals surface area (Å²) < 4.78 is 23.7. The van der Waals surface area contributed by atoms with Gasteiger partial charge in [-0.15, -0.1) is 11.3 Å². The maximum Gasteiger partial charge on any atom is 0.246 e. The molecule has 0 aliphatic carbocycles. The van der Waals surface area contributed by atoms with E-state index in [9.17, 15) is 9.18 Å². The molecule has 1 fully saturated rings. The summed E-state index contributed by atoms with van der Waals surface area (Å²) in [5, 5.41) is 7.83. The summed E-state index contributed by atoms with van der Waals surface area (Å²) in [5.74, 6) is 0.0388. The van der Waals surface area contributed by atoms with Crippen LogP contribution in [-0.4, -0.2) is 68.2 Å². The molecule has 8 nitrogen and oxygen atoms in total. The van der Waals surface area contributed by atoms with E-state index in [1.54, 1.807) is 22.3 Å².